The fourth-order valence-electron chi connectivity index (χ4n) is 3.59. The number of Topliss-reactive ketones (excluding diaryl/α,β-unsaturated/α-hetero) is 1. The molecule has 4 nitrogen and oxygen atoms in total. The van der Waals surface area contributed by atoms with Crippen LogP contribution in [0.25, 0.3) is 0 Å². The van der Waals surface area contributed by atoms with E-state index in [0.717, 1.165) is 23.7 Å². The second-order valence-corrected chi connectivity index (χ2v) is 8.34. The maximum atomic E-state index is 14.3. The van der Waals surface area contributed by atoms with Gasteiger partial charge in [0.2, 0.25) is 5.91 Å². The number of amides is 1. The van der Waals surface area contributed by atoms with Crippen LogP contribution in [0.3, 0.4) is 0 Å². The number of piperazine rings is 1. The molecule has 1 aliphatic rings. The number of benzene rings is 2. The lowest BCUT2D eigenvalue weighted by atomic mass is 10.1. The van der Waals surface area contributed by atoms with Crippen LogP contribution in [0.2, 0.25) is 0 Å². The van der Waals surface area contributed by atoms with E-state index in [9.17, 15) is 14.0 Å². The summed E-state index contributed by atoms with van der Waals surface area (Å²) in [5, 5.41) is 0. The molecule has 1 saturated heterocycles. The summed E-state index contributed by atoms with van der Waals surface area (Å²) in [4.78, 5) is 27.7. The van der Waals surface area contributed by atoms with Crippen LogP contribution in [0.1, 0.15) is 42.1 Å². The van der Waals surface area contributed by atoms with Gasteiger partial charge in [-0.2, -0.15) is 0 Å². The number of carbonyl (C=O) groups excluding carboxylic acids is 2. The molecule has 0 unspecified atom stereocenters. The molecule has 1 heterocycles. The first kappa shape index (κ1) is 21.5. The van der Waals surface area contributed by atoms with Crippen molar-refractivity contribution in [2.24, 2.45) is 0 Å². The van der Waals surface area contributed by atoms with Crippen LogP contribution >= 0.6 is 15.9 Å². The maximum Gasteiger partial charge on any atom is 0.222 e. The maximum absolute atomic E-state index is 14.3. The van der Waals surface area contributed by atoms with Crippen molar-refractivity contribution in [1.82, 2.24) is 4.90 Å². The summed E-state index contributed by atoms with van der Waals surface area (Å²) in [6.07, 6.45) is 3.39. The predicted octanol–water partition coefficient (Wildman–Crippen LogP) is 4.85. The van der Waals surface area contributed by atoms with Crippen LogP contribution < -0.4 is 4.90 Å². The highest BCUT2D eigenvalue weighted by Crippen LogP contribution is 2.22. The smallest absolute Gasteiger partial charge is 0.222 e. The third-order valence-corrected chi connectivity index (χ3v) is 5.88. The molecule has 0 radical (unpaired) electrons. The summed E-state index contributed by atoms with van der Waals surface area (Å²) < 4.78 is 15.4. The van der Waals surface area contributed by atoms with E-state index in [1.807, 2.05) is 21.9 Å². The van der Waals surface area contributed by atoms with Gasteiger partial charge in [-0.25, -0.2) is 4.39 Å². The van der Waals surface area contributed by atoms with Gasteiger partial charge in [-0.1, -0.05) is 28.1 Å². The fourth-order valence-corrected chi connectivity index (χ4v) is 3.86. The van der Waals surface area contributed by atoms with Crippen molar-refractivity contribution in [3.8, 4) is 0 Å². The number of aryl methyl sites for hydroxylation is 1. The third kappa shape index (κ3) is 5.89. The van der Waals surface area contributed by atoms with E-state index < -0.39 is 0 Å². The molecule has 0 saturated carbocycles. The minimum Gasteiger partial charge on any atom is -0.366 e. The van der Waals surface area contributed by atoms with E-state index in [-0.39, 0.29) is 17.5 Å². The van der Waals surface area contributed by atoms with Crippen molar-refractivity contribution in [3.05, 3.63) is 63.9 Å². The van der Waals surface area contributed by atoms with Gasteiger partial charge in [-0.3, -0.25) is 9.59 Å². The largest absolute Gasteiger partial charge is 0.366 e. The number of halogens is 2. The molecule has 2 aromatic carbocycles. The van der Waals surface area contributed by atoms with Gasteiger partial charge in [0.25, 0.3) is 0 Å². The van der Waals surface area contributed by atoms with E-state index in [2.05, 4.69) is 28.1 Å². The molecule has 0 atom stereocenters. The van der Waals surface area contributed by atoms with Gasteiger partial charge in [0.1, 0.15) is 5.82 Å². The van der Waals surface area contributed by atoms with Crippen molar-refractivity contribution in [3.63, 3.8) is 0 Å². The first-order valence-electron chi connectivity index (χ1n) is 10.0. The first-order valence-corrected chi connectivity index (χ1v) is 10.8. The Morgan fingerprint density at radius 3 is 2.31 bits per heavy atom. The van der Waals surface area contributed by atoms with E-state index in [4.69, 9.17) is 0 Å². The lowest BCUT2D eigenvalue weighted by Gasteiger charge is -2.36. The Balaban J connectivity index is 1.42. The number of unbranched alkanes of at least 4 members (excludes halogenated alkanes) is 1. The predicted molar refractivity (Wildman–Crippen MR) is 117 cm³/mol. The number of rotatable bonds is 7. The number of anilines is 1. The lowest BCUT2D eigenvalue weighted by Crippen LogP contribution is -2.49. The lowest BCUT2D eigenvalue weighted by molar-refractivity contribution is -0.131. The van der Waals surface area contributed by atoms with Gasteiger partial charge >= 0.3 is 0 Å². The summed E-state index contributed by atoms with van der Waals surface area (Å²) in [6.45, 7) is 3.82. The molecule has 0 bridgehead atoms. The van der Waals surface area contributed by atoms with Crippen molar-refractivity contribution in [2.45, 2.75) is 32.6 Å². The third-order valence-electron chi connectivity index (χ3n) is 5.35. The molecular weight excluding hydrogens is 435 g/mol. The SMILES string of the molecule is CC(=O)c1ccc(N2CCN(C(=O)CCCCc3ccc(Br)cc3)CC2)c(F)c1. The number of ketones is 1. The fraction of sp³-hybridized carbons (Fsp3) is 0.391. The Bertz CT molecular complexity index is 862. The molecule has 0 spiro atoms. The zero-order chi connectivity index (χ0) is 20.8. The number of hydrogen-bond acceptors (Lipinski definition) is 3. The van der Waals surface area contributed by atoms with Crippen LogP contribution in [0, 0.1) is 5.82 Å². The zero-order valence-electron chi connectivity index (χ0n) is 16.7. The summed E-state index contributed by atoms with van der Waals surface area (Å²) in [7, 11) is 0. The Morgan fingerprint density at radius 2 is 1.69 bits per heavy atom. The average molecular weight is 461 g/mol. The molecule has 0 N–H and O–H groups in total. The van der Waals surface area contributed by atoms with Crippen molar-refractivity contribution in [2.75, 3.05) is 31.1 Å². The Labute approximate surface area is 179 Å². The average Bonchev–Trinajstić information content (AvgIpc) is 2.72. The van der Waals surface area contributed by atoms with Crippen molar-refractivity contribution in [1.29, 1.82) is 0 Å². The standard InChI is InChI=1S/C23H26BrFN2O2/c1-17(28)19-8-11-22(21(25)16-19)26-12-14-27(15-13-26)23(29)5-3-2-4-18-6-9-20(24)10-7-18/h6-11,16H,2-5,12-15H2,1H3. The van der Waals surface area contributed by atoms with Crippen molar-refractivity contribution >= 4 is 33.3 Å². The van der Waals surface area contributed by atoms with Gasteiger partial charge < -0.3 is 9.80 Å². The molecule has 1 aliphatic heterocycles. The molecule has 1 amide bonds. The minimum absolute atomic E-state index is 0.147. The summed E-state index contributed by atoms with van der Waals surface area (Å²) >= 11 is 3.43. The molecular formula is C23H26BrFN2O2. The van der Waals surface area contributed by atoms with Gasteiger partial charge in [-0.15, -0.1) is 0 Å². The molecule has 0 aromatic heterocycles. The van der Waals surface area contributed by atoms with E-state index in [1.54, 1.807) is 12.1 Å². The summed E-state index contributed by atoms with van der Waals surface area (Å²) in [5.74, 6) is -0.357. The minimum atomic E-state index is -0.384. The summed E-state index contributed by atoms with van der Waals surface area (Å²) in [5.41, 5.74) is 2.16. The molecule has 6 heteroatoms. The van der Waals surface area contributed by atoms with Crippen LogP contribution in [-0.4, -0.2) is 42.8 Å². The number of nitrogens with zero attached hydrogens (tertiary/aromatic N) is 2. The highest BCUT2D eigenvalue weighted by Gasteiger charge is 2.22. The summed E-state index contributed by atoms with van der Waals surface area (Å²) in [6, 6.07) is 12.9. The normalized spacial score (nSPS) is 14.2. The molecule has 3 rings (SSSR count). The van der Waals surface area contributed by atoms with Crippen LogP contribution in [0.5, 0.6) is 0 Å². The van der Waals surface area contributed by atoms with E-state index in [1.165, 1.54) is 18.6 Å². The van der Waals surface area contributed by atoms with E-state index in [0.29, 0.717) is 43.9 Å². The Morgan fingerprint density at radius 1 is 1.00 bits per heavy atom. The number of carbonyl (C=O) groups is 2. The highest BCUT2D eigenvalue weighted by atomic mass is 79.9. The molecule has 154 valence electrons. The zero-order valence-corrected chi connectivity index (χ0v) is 18.3. The molecule has 0 aliphatic carbocycles. The van der Waals surface area contributed by atoms with Gasteiger partial charge in [0, 0.05) is 42.6 Å². The second kappa shape index (κ2) is 10.0. The monoisotopic (exact) mass is 460 g/mol. The molecule has 2 aromatic rings. The first-order chi connectivity index (χ1) is 13.9. The number of hydrogen-bond donors (Lipinski definition) is 0. The van der Waals surface area contributed by atoms with Crippen LogP contribution in [-0.2, 0) is 11.2 Å². The van der Waals surface area contributed by atoms with E-state index >= 15 is 0 Å². The van der Waals surface area contributed by atoms with Crippen LogP contribution in [0.15, 0.2) is 46.9 Å². The van der Waals surface area contributed by atoms with Gasteiger partial charge in [0.05, 0.1) is 5.69 Å². The molecule has 1 fully saturated rings. The Hall–Kier alpha value is -2.21. The quantitative estimate of drug-likeness (QED) is 0.437. The second-order valence-electron chi connectivity index (χ2n) is 7.42. The van der Waals surface area contributed by atoms with Gasteiger partial charge in [0.15, 0.2) is 5.78 Å². The van der Waals surface area contributed by atoms with Gasteiger partial charge in [-0.05, 0) is 62.1 Å². The molecule has 29 heavy (non-hydrogen) atoms. The van der Waals surface area contributed by atoms with Crippen LogP contribution in [0.4, 0.5) is 10.1 Å². The Kier molecular flexibility index (Phi) is 7.42. The topological polar surface area (TPSA) is 40.6 Å². The highest BCUT2D eigenvalue weighted by molar-refractivity contribution is 9.10. The van der Waals surface area contributed by atoms with Crippen molar-refractivity contribution < 1.29 is 14.0 Å².